The number of hydrogen-bond acceptors (Lipinski definition) is 6. The van der Waals surface area contributed by atoms with Crippen molar-refractivity contribution in [2.75, 3.05) is 5.32 Å². The number of nitrogens with one attached hydrogen (secondary N) is 2. The molecule has 4 heterocycles. The number of nitrogens with zero attached hydrogens (tertiary/aromatic N) is 6. The number of rotatable bonds is 7. The first-order valence-electron chi connectivity index (χ1n) is 8.85. The topological polar surface area (TPSA) is 125 Å². The van der Waals surface area contributed by atoms with E-state index < -0.39 is 11.8 Å². The van der Waals surface area contributed by atoms with Crippen LogP contribution < -0.4 is 10.6 Å². The van der Waals surface area contributed by atoms with Crippen LogP contribution in [0.3, 0.4) is 0 Å². The Morgan fingerprint density at radius 1 is 1.17 bits per heavy atom. The zero-order valence-electron chi connectivity index (χ0n) is 15.8. The highest BCUT2D eigenvalue weighted by atomic mass is 79.9. The van der Waals surface area contributed by atoms with E-state index in [1.165, 1.54) is 10.9 Å². The normalized spacial score (nSPS) is 10.9. The van der Waals surface area contributed by atoms with Crippen LogP contribution in [0.25, 0.3) is 0 Å². The van der Waals surface area contributed by atoms with Crippen LogP contribution in [0.15, 0.2) is 58.1 Å². The average Bonchev–Trinajstić information content (AvgIpc) is 3.49. The van der Waals surface area contributed by atoms with Crippen LogP contribution in [0.2, 0.25) is 0 Å². The molecule has 0 spiro atoms. The van der Waals surface area contributed by atoms with Crippen LogP contribution in [-0.2, 0) is 20.3 Å². The molecule has 4 aromatic heterocycles. The van der Waals surface area contributed by atoms with Crippen molar-refractivity contribution in [1.82, 2.24) is 34.7 Å². The molecule has 0 saturated carbocycles. The maximum absolute atomic E-state index is 12.6. The second kappa shape index (κ2) is 8.37. The molecule has 0 fully saturated rings. The second-order valence-corrected chi connectivity index (χ2v) is 7.28. The summed E-state index contributed by atoms with van der Waals surface area (Å²) in [6.07, 6.45) is 8.21. The van der Waals surface area contributed by atoms with Gasteiger partial charge in [-0.2, -0.15) is 15.3 Å². The molecule has 0 radical (unpaired) electrons. The number of carbonyl (C=O) groups excluding carboxylic acids is 2. The molecule has 2 N–H and O–H groups in total. The van der Waals surface area contributed by atoms with Crippen LogP contribution in [0.1, 0.15) is 26.7 Å². The maximum Gasteiger partial charge on any atom is 0.276 e. The van der Waals surface area contributed by atoms with Crippen LogP contribution in [0.4, 0.5) is 5.69 Å². The summed E-state index contributed by atoms with van der Waals surface area (Å²) in [4.78, 5) is 25.1. The summed E-state index contributed by atoms with van der Waals surface area (Å²) in [5, 5.41) is 17.9. The second-order valence-electron chi connectivity index (χ2n) is 6.36. The molecule has 2 amide bonds. The van der Waals surface area contributed by atoms with Gasteiger partial charge in [0.2, 0.25) is 0 Å². The van der Waals surface area contributed by atoms with Gasteiger partial charge in [-0.05, 0) is 34.1 Å². The third-order valence-corrected chi connectivity index (χ3v) is 4.47. The fraction of sp³-hybridized carbons (Fsp3) is 0.167. The third kappa shape index (κ3) is 4.49. The van der Waals surface area contributed by atoms with Crippen molar-refractivity contribution in [2.45, 2.75) is 13.2 Å². The molecule has 0 aromatic carbocycles. The Bertz CT molecular complexity index is 1170. The number of halogens is 1. The van der Waals surface area contributed by atoms with Gasteiger partial charge >= 0.3 is 0 Å². The number of carbonyl (C=O) groups is 2. The highest BCUT2D eigenvalue weighted by molar-refractivity contribution is 9.10. The fourth-order valence-corrected chi connectivity index (χ4v) is 3.05. The van der Waals surface area contributed by atoms with Crippen molar-refractivity contribution >= 4 is 33.4 Å². The highest BCUT2D eigenvalue weighted by Crippen LogP contribution is 2.15. The van der Waals surface area contributed by atoms with E-state index in [1.807, 2.05) is 0 Å². The largest absolute Gasteiger partial charge is 0.467 e. The number of amides is 2. The van der Waals surface area contributed by atoms with Crippen molar-refractivity contribution in [3.05, 3.63) is 70.9 Å². The number of furan rings is 1. The van der Waals surface area contributed by atoms with E-state index in [0.717, 1.165) is 4.47 Å². The Morgan fingerprint density at radius 3 is 2.77 bits per heavy atom. The molecule has 0 aliphatic heterocycles. The summed E-state index contributed by atoms with van der Waals surface area (Å²) in [6, 6.07) is 5.07. The van der Waals surface area contributed by atoms with E-state index >= 15 is 0 Å². The number of hydrogen-bond donors (Lipinski definition) is 2. The summed E-state index contributed by atoms with van der Waals surface area (Å²) < 4.78 is 10.7. The first-order valence-corrected chi connectivity index (χ1v) is 9.64. The predicted octanol–water partition coefficient (Wildman–Crippen LogP) is 1.86. The Labute approximate surface area is 178 Å². The molecule has 0 atom stereocenters. The lowest BCUT2D eigenvalue weighted by Gasteiger charge is -2.05. The van der Waals surface area contributed by atoms with Gasteiger partial charge in [-0.1, -0.05) is 0 Å². The summed E-state index contributed by atoms with van der Waals surface area (Å²) >= 11 is 3.33. The maximum atomic E-state index is 12.6. The van der Waals surface area contributed by atoms with Crippen molar-refractivity contribution in [1.29, 1.82) is 0 Å². The molecular formula is C18H17BrN8O3. The van der Waals surface area contributed by atoms with E-state index in [0.29, 0.717) is 12.4 Å². The molecule has 154 valence electrons. The quantitative estimate of drug-likeness (QED) is 0.422. The van der Waals surface area contributed by atoms with Gasteiger partial charge in [0.15, 0.2) is 11.4 Å². The number of anilines is 1. The van der Waals surface area contributed by atoms with Gasteiger partial charge in [0.05, 0.1) is 29.2 Å². The molecule has 0 aliphatic carbocycles. The van der Waals surface area contributed by atoms with Gasteiger partial charge in [-0.25, -0.2) is 4.68 Å². The molecule has 4 rings (SSSR count). The lowest BCUT2D eigenvalue weighted by Crippen LogP contribution is -2.25. The van der Waals surface area contributed by atoms with Crippen LogP contribution in [0, 0.1) is 0 Å². The molecule has 4 aromatic rings. The van der Waals surface area contributed by atoms with Crippen LogP contribution in [-0.4, -0.2) is 41.2 Å². The standard InChI is InChI=1S/C18H17BrN8O3/c1-25-10-15(16(24-25)18(29)20-8-13-3-2-6-30-13)22-17(28)14-4-5-26(23-14)11-27-9-12(19)7-21-27/h2-7,9-10H,8,11H2,1H3,(H,20,29)(H,22,28). The minimum Gasteiger partial charge on any atom is -0.467 e. The van der Waals surface area contributed by atoms with Crippen molar-refractivity contribution in [2.24, 2.45) is 7.05 Å². The number of aromatic nitrogens is 6. The Hall–Kier alpha value is -3.67. The predicted molar refractivity (Wildman–Crippen MR) is 109 cm³/mol. The van der Waals surface area contributed by atoms with Gasteiger partial charge in [-0.15, -0.1) is 0 Å². The van der Waals surface area contributed by atoms with Gasteiger partial charge in [0.25, 0.3) is 11.8 Å². The fourth-order valence-electron chi connectivity index (χ4n) is 2.72. The summed E-state index contributed by atoms with van der Waals surface area (Å²) in [6.45, 7) is 0.565. The van der Waals surface area contributed by atoms with Crippen molar-refractivity contribution in [3.63, 3.8) is 0 Å². The van der Waals surface area contributed by atoms with Gasteiger partial charge in [-0.3, -0.25) is 19.0 Å². The third-order valence-electron chi connectivity index (χ3n) is 4.06. The van der Waals surface area contributed by atoms with Gasteiger partial charge in [0.1, 0.15) is 12.4 Å². The van der Waals surface area contributed by atoms with Gasteiger partial charge in [0, 0.05) is 25.6 Å². The monoisotopic (exact) mass is 472 g/mol. The molecule has 0 aliphatic rings. The highest BCUT2D eigenvalue weighted by Gasteiger charge is 2.20. The lowest BCUT2D eigenvalue weighted by atomic mass is 10.3. The lowest BCUT2D eigenvalue weighted by molar-refractivity contribution is 0.0943. The Morgan fingerprint density at radius 2 is 2.03 bits per heavy atom. The Kier molecular flexibility index (Phi) is 5.48. The summed E-state index contributed by atoms with van der Waals surface area (Å²) in [7, 11) is 1.66. The van der Waals surface area contributed by atoms with Gasteiger partial charge < -0.3 is 15.1 Å². The van der Waals surface area contributed by atoms with E-state index in [9.17, 15) is 9.59 Å². The Balaban J connectivity index is 1.42. The first-order chi connectivity index (χ1) is 14.5. The molecule has 0 unspecified atom stereocenters. The molecular weight excluding hydrogens is 456 g/mol. The van der Waals surface area contributed by atoms with E-state index in [4.69, 9.17) is 4.42 Å². The minimum absolute atomic E-state index is 0.0956. The van der Waals surface area contributed by atoms with E-state index in [1.54, 1.807) is 59.4 Å². The average molecular weight is 473 g/mol. The SMILES string of the molecule is Cn1cc(NC(=O)c2ccn(Cn3cc(Br)cn3)n2)c(C(=O)NCc2ccco2)n1. The molecule has 12 heteroatoms. The van der Waals surface area contributed by atoms with Crippen molar-refractivity contribution in [3.8, 4) is 0 Å². The molecule has 0 saturated heterocycles. The van der Waals surface area contributed by atoms with Crippen molar-refractivity contribution < 1.29 is 14.0 Å². The zero-order valence-corrected chi connectivity index (χ0v) is 17.4. The van der Waals surface area contributed by atoms with Crippen LogP contribution in [0.5, 0.6) is 0 Å². The minimum atomic E-state index is -0.455. The van der Waals surface area contributed by atoms with E-state index in [2.05, 4.69) is 41.9 Å². The first kappa shape index (κ1) is 19.6. The summed E-state index contributed by atoms with van der Waals surface area (Å²) in [5.74, 6) is -0.278. The molecule has 11 nitrogen and oxygen atoms in total. The molecule has 0 bridgehead atoms. The summed E-state index contributed by atoms with van der Waals surface area (Å²) in [5.41, 5.74) is 0.579. The van der Waals surface area contributed by atoms with Crippen LogP contribution >= 0.6 is 15.9 Å². The smallest absolute Gasteiger partial charge is 0.276 e. The number of aryl methyl sites for hydroxylation is 1. The molecule has 30 heavy (non-hydrogen) atoms. The zero-order chi connectivity index (χ0) is 21.1. The van der Waals surface area contributed by atoms with E-state index in [-0.39, 0.29) is 23.6 Å².